The van der Waals surface area contributed by atoms with Crippen molar-refractivity contribution in [3.05, 3.63) is 71.8 Å². The van der Waals surface area contributed by atoms with E-state index in [0.29, 0.717) is 5.57 Å². The van der Waals surface area contributed by atoms with Crippen LogP contribution in [-0.4, -0.2) is 28.8 Å². The van der Waals surface area contributed by atoms with E-state index in [9.17, 15) is 10.0 Å². The fraction of sp³-hybridized carbons (Fsp3) is 0.0625. The van der Waals surface area contributed by atoms with Crippen LogP contribution in [0.25, 0.3) is 5.57 Å². The van der Waals surface area contributed by atoms with E-state index in [0.717, 1.165) is 16.8 Å². The van der Waals surface area contributed by atoms with E-state index >= 15 is 0 Å². The van der Waals surface area contributed by atoms with Crippen molar-refractivity contribution in [2.24, 2.45) is 5.16 Å². The van der Waals surface area contributed by atoms with Crippen LogP contribution in [0.5, 0.6) is 0 Å². The Morgan fingerprint density at radius 2 is 1.90 bits per heavy atom. The first-order chi connectivity index (χ1) is 9.74. The van der Waals surface area contributed by atoms with Gasteiger partial charge < -0.3 is 10.1 Å². The maximum atomic E-state index is 12.3. The second-order valence-electron chi connectivity index (χ2n) is 4.57. The zero-order chi connectivity index (χ0) is 14.1. The molecule has 1 heterocycles. The van der Waals surface area contributed by atoms with Crippen molar-refractivity contribution in [2.45, 2.75) is 0 Å². The standard InChI is InChI=1S/C16H13N2O2/c1-18-13-10-6-5-9-12(13)14(15(17-20)16(18)19)11-7-3-2-4-8-11/h2-10,20H,1H3/b17-15+. The highest BCUT2D eigenvalue weighted by molar-refractivity contribution is 6.57. The molecule has 0 aromatic heterocycles. The molecule has 1 aromatic rings. The lowest BCUT2D eigenvalue weighted by atomic mass is 9.86. The summed E-state index contributed by atoms with van der Waals surface area (Å²) in [4.78, 5) is 13.8. The van der Waals surface area contributed by atoms with E-state index in [1.165, 1.54) is 4.90 Å². The summed E-state index contributed by atoms with van der Waals surface area (Å²) in [6, 6.07) is 9.49. The number of rotatable bonds is 1. The number of allylic oxidation sites excluding steroid dienone is 4. The van der Waals surface area contributed by atoms with Crippen molar-refractivity contribution < 1.29 is 10.0 Å². The molecule has 3 rings (SSSR count). The molecule has 0 spiro atoms. The summed E-state index contributed by atoms with van der Waals surface area (Å²) >= 11 is 0. The summed E-state index contributed by atoms with van der Waals surface area (Å²) in [5, 5.41) is 12.5. The average molecular weight is 265 g/mol. The molecule has 4 nitrogen and oxygen atoms in total. The minimum absolute atomic E-state index is 0.0670. The first-order valence-electron chi connectivity index (χ1n) is 6.26. The fourth-order valence-electron chi connectivity index (χ4n) is 2.47. The normalized spacial score (nSPS) is 20.2. The van der Waals surface area contributed by atoms with Gasteiger partial charge in [-0.1, -0.05) is 47.6 Å². The number of amides is 1. The van der Waals surface area contributed by atoms with Gasteiger partial charge in [0.1, 0.15) is 0 Å². The highest BCUT2D eigenvalue weighted by atomic mass is 16.4. The smallest absolute Gasteiger partial charge is 0.280 e. The van der Waals surface area contributed by atoms with E-state index in [4.69, 9.17) is 0 Å². The summed E-state index contributed by atoms with van der Waals surface area (Å²) in [6.07, 6.45) is 7.59. The average Bonchev–Trinajstić information content (AvgIpc) is 2.51. The first kappa shape index (κ1) is 12.4. The molecule has 1 N–H and O–H groups in total. The topological polar surface area (TPSA) is 52.9 Å². The molecule has 4 heteroatoms. The monoisotopic (exact) mass is 265 g/mol. The maximum Gasteiger partial charge on any atom is 0.280 e. The van der Waals surface area contributed by atoms with Crippen molar-refractivity contribution in [3.63, 3.8) is 0 Å². The molecule has 1 aromatic carbocycles. The number of likely N-dealkylation sites (N-methyl/N-ethyl adjacent to an activating group) is 1. The summed E-state index contributed by atoms with van der Waals surface area (Å²) in [5.41, 5.74) is 3.27. The Morgan fingerprint density at radius 1 is 1.15 bits per heavy atom. The van der Waals surface area contributed by atoms with Gasteiger partial charge in [0.15, 0.2) is 5.71 Å². The minimum Gasteiger partial charge on any atom is -0.410 e. The minimum atomic E-state index is -0.315. The van der Waals surface area contributed by atoms with Gasteiger partial charge in [0.25, 0.3) is 5.91 Å². The molecule has 1 aliphatic heterocycles. The lowest BCUT2D eigenvalue weighted by Crippen LogP contribution is -2.39. The molecular formula is C16H13N2O2. The van der Waals surface area contributed by atoms with Crippen LogP contribution in [0.4, 0.5) is 0 Å². The molecule has 0 unspecified atom stereocenters. The van der Waals surface area contributed by atoms with Gasteiger partial charge in [-0.15, -0.1) is 0 Å². The SMILES string of the molecule is CN1C(=O)/C(=N/O)C(c2ccccc2)=C2[CH]C=CC=C21. The van der Waals surface area contributed by atoms with E-state index in [1.54, 1.807) is 7.05 Å². The lowest BCUT2D eigenvalue weighted by molar-refractivity contribution is -0.121. The van der Waals surface area contributed by atoms with Crippen LogP contribution < -0.4 is 0 Å². The molecule has 0 saturated carbocycles. The number of fused-ring (bicyclic) bond motifs is 1. The predicted octanol–water partition coefficient (Wildman–Crippen LogP) is 2.40. The van der Waals surface area contributed by atoms with Gasteiger partial charge in [-0.05, 0) is 17.2 Å². The number of hydrogen-bond acceptors (Lipinski definition) is 3. The molecule has 2 aliphatic rings. The van der Waals surface area contributed by atoms with E-state index in [-0.39, 0.29) is 11.6 Å². The second-order valence-corrected chi connectivity index (χ2v) is 4.57. The fourth-order valence-corrected chi connectivity index (χ4v) is 2.47. The van der Waals surface area contributed by atoms with Crippen LogP contribution >= 0.6 is 0 Å². The Bertz CT molecular complexity index is 682. The summed E-state index contributed by atoms with van der Waals surface area (Å²) < 4.78 is 0. The lowest BCUT2D eigenvalue weighted by Gasteiger charge is -2.31. The van der Waals surface area contributed by atoms with Crippen LogP contribution in [0.1, 0.15) is 5.56 Å². The summed E-state index contributed by atoms with van der Waals surface area (Å²) in [5.74, 6) is -0.315. The Balaban J connectivity index is 2.29. The Labute approximate surface area is 117 Å². The van der Waals surface area contributed by atoms with Gasteiger partial charge in [-0.2, -0.15) is 0 Å². The molecule has 20 heavy (non-hydrogen) atoms. The van der Waals surface area contributed by atoms with Gasteiger partial charge in [0, 0.05) is 24.7 Å². The molecule has 0 saturated heterocycles. The Kier molecular flexibility index (Phi) is 2.99. The van der Waals surface area contributed by atoms with Crippen LogP contribution in [0, 0.1) is 6.42 Å². The quantitative estimate of drug-likeness (QED) is 0.626. The van der Waals surface area contributed by atoms with Crippen molar-refractivity contribution in [1.82, 2.24) is 4.90 Å². The predicted molar refractivity (Wildman–Crippen MR) is 76.9 cm³/mol. The third-order valence-corrected chi connectivity index (χ3v) is 3.44. The molecule has 1 amide bonds. The zero-order valence-corrected chi connectivity index (χ0v) is 10.9. The van der Waals surface area contributed by atoms with Crippen molar-refractivity contribution in [1.29, 1.82) is 0 Å². The van der Waals surface area contributed by atoms with Gasteiger partial charge in [-0.25, -0.2) is 0 Å². The van der Waals surface area contributed by atoms with Gasteiger partial charge in [0.2, 0.25) is 0 Å². The van der Waals surface area contributed by atoms with Crippen molar-refractivity contribution in [3.8, 4) is 0 Å². The van der Waals surface area contributed by atoms with E-state index < -0.39 is 0 Å². The van der Waals surface area contributed by atoms with Gasteiger partial charge in [0.05, 0.1) is 0 Å². The number of hydrogen-bond donors (Lipinski definition) is 1. The molecule has 1 radical (unpaired) electrons. The molecule has 99 valence electrons. The number of nitrogens with zero attached hydrogens (tertiary/aromatic N) is 2. The number of carbonyl (C=O) groups excluding carboxylic acids is 1. The van der Waals surface area contributed by atoms with Gasteiger partial charge >= 0.3 is 0 Å². The summed E-state index contributed by atoms with van der Waals surface area (Å²) in [6.45, 7) is 0. The molecule has 0 fully saturated rings. The number of carbonyl (C=O) groups is 1. The second kappa shape index (κ2) is 4.81. The van der Waals surface area contributed by atoms with E-state index in [1.807, 2.05) is 55.0 Å². The van der Waals surface area contributed by atoms with Crippen molar-refractivity contribution >= 4 is 17.2 Å². The molecule has 1 aliphatic carbocycles. The Morgan fingerprint density at radius 3 is 2.60 bits per heavy atom. The van der Waals surface area contributed by atoms with Crippen LogP contribution in [-0.2, 0) is 4.79 Å². The first-order valence-corrected chi connectivity index (χ1v) is 6.26. The van der Waals surface area contributed by atoms with Crippen LogP contribution in [0.15, 0.2) is 65.0 Å². The number of oxime groups is 1. The molecule has 0 atom stereocenters. The zero-order valence-electron chi connectivity index (χ0n) is 10.9. The highest BCUT2D eigenvalue weighted by Crippen LogP contribution is 2.35. The molecular weight excluding hydrogens is 252 g/mol. The van der Waals surface area contributed by atoms with E-state index in [2.05, 4.69) is 5.16 Å². The third kappa shape index (κ3) is 1.77. The van der Waals surface area contributed by atoms with Gasteiger partial charge in [-0.3, -0.25) is 4.79 Å². The van der Waals surface area contributed by atoms with Crippen molar-refractivity contribution in [2.75, 3.05) is 7.05 Å². The summed E-state index contributed by atoms with van der Waals surface area (Å²) in [7, 11) is 1.67. The van der Waals surface area contributed by atoms with Crippen LogP contribution in [0.3, 0.4) is 0 Å². The maximum absolute atomic E-state index is 12.3. The Hall–Kier alpha value is -2.62. The van der Waals surface area contributed by atoms with Crippen LogP contribution in [0.2, 0.25) is 0 Å². The molecule has 0 bridgehead atoms. The largest absolute Gasteiger partial charge is 0.410 e. The highest BCUT2D eigenvalue weighted by Gasteiger charge is 2.34. The number of benzene rings is 1. The third-order valence-electron chi connectivity index (χ3n) is 3.44.